The molecule has 2 aromatic heterocycles. The second-order valence-electron chi connectivity index (χ2n) is 5.52. The predicted octanol–water partition coefficient (Wildman–Crippen LogP) is 2.66. The van der Waals surface area contributed by atoms with Crippen molar-refractivity contribution in [1.29, 1.82) is 0 Å². The van der Waals surface area contributed by atoms with Gasteiger partial charge in [-0.3, -0.25) is 4.79 Å². The number of carbonyl (C=O) groups excluding carboxylic acids is 1. The highest BCUT2D eigenvalue weighted by molar-refractivity contribution is 7.13. The molecule has 0 aliphatic heterocycles. The largest absolute Gasteiger partial charge is 0.496 e. The third-order valence-corrected chi connectivity index (χ3v) is 4.59. The predicted molar refractivity (Wildman–Crippen MR) is 97.2 cm³/mol. The number of thiophene rings is 1. The van der Waals surface area contributed by atoms with Crippen molar-refractivity contribution in [3.8, 4) is 16.5 Å². The summed E-state index contributed by atoms with van der Waals surface area (Å²) < 4.78 is 10.9. The fourth-order valence-corrected chi connectivity index (χ4v) is 3.08. The Labute approximate surface area is 154 Å². The molecule has 8 heteroatoms. The molecule has 26 heavy (non-hydrogen) atoms. The van der Waals surface area contributed by atoms with E-state index in [0.717, 1.165) is 16.9 Å². The maximum Gasteiger partial charge on any atom is 0.257 e. The zero-order chi connectivity index (χ0) is 18.4. The van der Waals surface area contributed by atoms with Crippen molar-refractivity contribution in [2.24, 2.45) is 0 Å². The van der Waals surface area contributed by atoms with Crippen LogP contribution < -0.4 is 10.1 Å². The second-order valence-corrected chi connectivity index (χ2v) is 6.47. The number of aliphatic hydroxyl groups excluding tert-OH is 1. The van der Waals surface area contributed by atoms with E-state index in [9.17, 15) is 4.79 Å². The fraction of sp³-hybridized carbons (Fsp3) is 0.278. The van der Waals surface area contributed by atoms with Crippen LogP contribution in [0.15, 0.2) is 40.1 Å². The van der Waals surface area contributed by atoms with Gasteiger partial charge >= 0.3 is 0 Å². The molecule has 0 aliphatic rings. The van der Waals surface area contributed by atoms with Crippen molar-refractivity contribution in [2.45, 2.75) is 19.4 Å². The number of ether oxygens (including phenoxy) is 1. The van der Waals surface area contributed by atoms with Crippen LogP contribution in [0.4, 0.5) is 0 Å². The average molecular weight is 373 g/mol. The number of amides is 1. The van der Waals surface area contributed by atoms with Crippen molar-refractivity contribution in [3.63, 3.8) is 0 Å². The molecule has 136 valence electrons. The van der Waals surface area contributed by atoms with Gasteiger partial charge in [0.05, 0.1) is 24.1 Å². The maximum absolute atomic E-state index is 12.4. The Morgan fingerprint density at radius 2 is 2.23 bits per heavy atom. The Kier molecular flexibility index (Phi) is 5.98. The van der Waals surface area contributed by atoms with Crippen molar-refractivity contribution in [2.75, 3.05) is 13.7 Å². The van der Waals surface area contributed by atoms with Gasteiger partial charge in [-0.25, -0.2) is 0 Å². The average Bonchev–Trinajstić information content (AvgIpc) is 3.35. The number of aromatic nitrogens is 2. The number of benzene rings is 1. The Hall–Kier alpha value is -2.71. The van der Waals surface area contributed by atoms with Gasteiger partial charge in [0.15, 0.2) is 0 Å². The molecule has 0 bridgehead atoms. The zero-order valence-electron chi connectivity index (χ0n) is 14.3. The molecule has 0 fully saturated rings. The highest BCUT2D eigenvalue weighted by atomic mass is 32.1. The van der Waals surface area contributed by atoms with E-state index in [2.05, 4.69) is 15.5 Å². The number of carbonyl (C=O) groups is 1. The smallest absolute Gasteiger partial charge is 0.257 e. The van der Waals surface area contributed by atoms with Gasteiger partial charge in [-0.1, -0.05) is 12.1 Å². The molecule has 0 saturated carbocycles. The third kappa shape index (κ3) is 4.27. The standard InChI is InChI=1S/C18H19N3O4S/c1-24-14-10-12(4-2-8-22)6-7-13(14)17(23)19-11-16-20-21-18(25-16)15-5-3-9-26-15/h3,5-7,9-10,22H,2,4,8,11H2,1H3,(H,19,23). The van der Waals surface area contributed by atoms with Crippen LogP contribution in [0.2, 0.25) is 0 Å². The topological polar surface area (TPSA) is 97.5 Å². The Morgan fingerprint density at radius 3 is 2.96 bits per heavy atom. The van der Waals surface area contributed by atoms with E-state index in [-0.39, 0.29) is 19.1 Å². The van der Waals surface area contributed by atoms with Crippen LogP contribution in [0, 0.1) is 0 Å². The van der Waals surface area contributed by atoms with Crippen molar-refractivity contribution >= 4 is 17.2 Å². The minimum absolute atomic E-state index is 0.127. The first kappa shape index (κ1) is 18.1. The molecule has 1 amide bonds. The molecular formula is C18H19N3O4S. The van der Waals surface area contributed by atoms with Crippen LogP contribution in [0.25, 0.3) is 10.8 Å². The SMILES string of the molecule is COc1cc(CCCO)ccc1C(=O)NCc1nnc(-c2cccs2)o1. The number of rotatable bonds is 8. The first-order valence-corrected chi connectivity index (χ1v) is 9.01. The molecule has 2 heterocycles. The molecule has 0 atom stereocenters. The molecular weight excluding hydrogens is 354 g/mol. The van der Waals surface area contributed by atoms with Gasteiger partial charge in [-0.2, -0.15) is 0 Å². The van der Waals surface area contributed by atoms with E-state index in [4.69, 9.17) is 14.3 Å². The minimum atomic E-state index is -0.286. The molecule has 2 N–H and O–H groups in total. The highest BCUT2D eigenvalue weighted by Gasteiger charge is 2.15. The zero-order valence-corrected chi connectivity index (χ0v) is 15.1. The molecule has 0 unspecified atom stereocenters. The summed E-state index contributed by atoms with van der Waals surface area (Å²) in [5, 5.41) is 21.5. The lowest BCUT2D eigenvalue weighted by Crippen LogP contribution is -2.23. The maximum atomic E-state index is 12.4. The van der Waals surface area contributed by atoms with E-state index in [1.807, 2.05) is 29.6 Å². The van der Waals surface area contributed by atoms with Crippen LogP contribution in [-0.2, 0) is 13.0 Å². The monoisotopic (exact) mass is 373 g/mol. The van der Waals surface area contributed by atoms with E-state index in [1.54, 1.807) is 6.07 Å². The summed E-state index contributed by atoms with van der Waals surface area (Å²) in [5.74, 6) is 0.976. The minimum Gasteiger partial charge on any atom is -0.496 e. The van der Waals surface area contributed by atoms with E-state index < -0.39 is 0 Å². The lowest BCUT2D eigenvalue weighted by atomic mass is 10.1. The number of methoxy groups -OCH3 is 1. The van der Waals surface area contributed by atoms with Crippen LogP contribution in [0.3, 0.4) is 0 Å². The van der Waals surface area contributed by atoms with Crippen LogP contribution in [0.1, 0.15) is 28.2 Å². The van der Waals surface area contributed by atoms with Crippen molar-refractivity contribution < 1.29 is 19.1 Å². The Morgan fingerprint density at radius 1 is 1.35 bits per heavy atom. The highest BCUT2D eigenvalue weighted by Crippen LogP contribution is 2.23. The Balaban J connectivity index is 1.64. The van der Waals surface area contributed by atoms with Gasteiger partial charge in [-0.05, 0) is 42.0 Å². The molecule has 7 nitrogen and oxygen atoms in total. The molecule has 0 spiro atoms. The van der Waals surface area contributed by atoms with Gasteiger partial charge in [-0.15, -0.1) is 21.5 Å². The molecule has 0 aliphatic carbocycles. The number of hydrogen-bond donors (Lipinski definition) is 2. The molecule has 0 saturated heterocycles. The molecule has 3 rings (SSSR count). The Bertz CT molecular complexity index is 861. The van der Waals surface area contributed by atoms with E-state index >= 15 is 0 Å². The third-order valence-electron chi connectivity index (χ3n) is 3.73. The number of aliphatic hydroxyl groups is 1. The number of aryl methyl sites for hydroxylation is 1. The van der Waals surface area contributed by atoms with Gasteiger partial charge in [0, 0.05) is 6.61 Å². The van der Waals surface area contributed by atoms with E-state index in [0.29, 0.717) is 29.5 Å². The van der Waals surface area contributed by atoms with Crippen LogP contribution in [0.5, 0.6) is 5.75 Å². The number of nitrogens with one attached hydrogen (secondary N) is 1. The summed E-state index contributed by atoms with van der Waals surface area (Å²) in [5.41, 5.74) is 1.43. The van der Waals surface area contributed by atoms with Crippen LogP contribution >= 0.6 is 11.3 Å². The van der Waals surface area contributed by atoms with Crippen molar-refractivity contribution in [3.05, 3.63) is 52.7 Å². The summed E-state index contributed by atoms with van der Waals surface area (Å²) in [6.45, 7) is 0.259. The van der Waals surface area contributed by atoms with Gasteiger partial charge in [0.2, 0.25) is 5.89 Å². The van der Waals surface area contributed by atoms with E-state index in [1.165, 1.54) is 18.4 Å². The lowest BCUT2D eigenvalue weighted by Gasteiger charge is -2.10. The lowest BCUT2D eigenvalue weighted by molar-refractivity contribution is 0.0944. The fourth-order valence-electron chi connectivity index (χ4n) is 2.44. The summed E-state index contributed by atoms with van der Waals surface area (Å²) in [4.78, 5) is 13.3. The van der Waals surface area contributed by atoms with Gasteiger partial charge in [0.25, 0.3) is 11.8 Å². The first-order chi connectivity index (χ1) is 12.7. The number of hydrogen-bond acceptors (Lipinski definition) is 7. The number of nitrogens with zero attached hydrogens (tertiary/aromatic N) is 2. The van der Waals surface area contributed by atoms with Gasteiger partial charge < -0.3 is 19.6 Å². The first-order valence-electron chi connectivity index (χ1n) is 8.13. The molecule has 3 aromatic rings. The molecule has 1 aromatic carbocycles. The quantitative estimate of drug-likeness (QED) is 0.630. The molecule has 0 radical (unpaired) electrons. The normalized spacial score (nSPS) is 10.7. The summed E-state index contributed by atoms with van der Waals surface area (Å²) >= 11 is 1.51. The van der Waals surface area contributed by atoms with Crippen molar-refractivity contribution in [1.82, 2.24) is 15.5 Å². The summed E-state index contributed by atoms with van der Waals surface area (Å²) in [7, 11) is 1.52. The summed E-state index contributed by atoms with van der Waals surface area (Å²) in [6.07, 6.45) is 1.39. The van der Waals surface area contributed by atoms with Crippen LogP contribution in [-0.4, -0.2) is 34.9 Å². The summed E-state index contributed by atoms with van der Waals surface area (Å²) in [6, 6.07) is 9.18. The second kappa shape index (κ2) is 8.59. The van der Waals surface area contributed by atoms with Gasteiger partial charge in [0.1, 0.15) is 5.75 Å².